The van der Waals surface area contributed by atoms with Crippen LogP contribution in [0.15, 0.2) is 48.5 Å². The minimum atomic E-state index is -0.748. The average molecular weight is 420 g/mol. The quantitative estimate of drug-likeness (QED) is 0.405. The number of anilines is 1. The SMILES string of the molecule is CO[Si](C)CCCNC(=O)CCC(=O)N1Cc2ccccc2C#Cc2ccccc21. The maximum Gasteiger partial charge on any atom is 0.227 e. The van der Waals surface area contributed by atoms with Crippen LogP contribution in [0, 0.1) is 11.8 Å². The van der Waals surface area contributed by atoms with E-state index in [0.29, 0.717) is 13.1 Å². The fourth-order valence-electron chi connectivity index (χ4n) is 3.32. The molecule has 1 aliphatic heterocycles. The minimum absolute atomic E-state index is 0.0745. The third-order valence-electron chi connectivity index (χ3n) is 5.12. The van der Waals surface area contributed by atoms with Gasteiger partial charge in [-0.15, -0.1) is 0 Å². The molecule has 0 unspecified atom stereocenters. The topological polar surface area (TPSA) is 58.6 Å². The molecule has 5 nitrogen and oxygen atoms in total. The Hall–Kier alpha value is -2.88. The van der Waals surface area contributed by atoms with Crippen LogP contribution < -0.4 is 10.2 Å². The Kier molecular flexibility index (Phi) is 7.83. The van der Waals surface area contributed by atoms with E-state index in [1.807, 2.05) is 48.5 Å². The molecular weight excluding hydrogens is 392 g/mol. The molecule has 0 spiro atoms. The number of para-hydroxylation sites is 1. The van der Waals surface area contributed by atoms with Crippen LogP contribution in [0.25, 0.3) is 0 Å². The van der Waals surface area contributed by atoms with Gasteiger partial charge in [-0.1, -0.05) is 42.2 Å². The van der Waals surface area contributed by atoms with Crippen molar-refractivity contribution in [3.63, 3.8) is 0 Å². The molecule has 0 atom stereocenters. The first-order valence-corrected chi connectivity index (χ1v) is 12.3. The van der Waals surface area contributed by atoms with E-state index in [9.17, 15) is 9.59 Å². The van der Waals surface area contributed by atoms with E-state index in [4.69, 9.17) is 4.43 Å². The van der Waals surface area contributed by atoms with E-state index < -0.39 is 9.04 Å². The van der Waals surface area contributed by atoms with Crippen molar-refractivity contribution in [2.75, 3.05) is 18.6 Å². The van der Waals surface area contributed by atoms with E-state index >= 15 is 0 Å². The van der Waals surface area contributed by atoms with Crippen molar-refractivity contribution in [1.29, 1.82) is 0 Å². The highest BCUT2D eigenvalue weighted by Crippen LogP contribution is 2.26. The van der Waals surface area contributed by atoms with Crippen LogP contribution >= 0.6 is 0 Å². The summed E-state index contributed by atoms with van der Waals surface area (Å²) in [6.07, 6.45) is 1.24. The summed E-state index contributed by atoms with van der Waals surface area (Å²) in [7, 11) is 0.980. The second kappa shape index (κ2) is 10.8. The van der Waals surface area contributed by atoms with Crippen LogP contribution in [-0.4, -0.2) is 34.5 Å². The summed E-state index contributed by atoms with van der Waals surface area (Å²) in [5.41, 5.74) is 3.55. The van der Waals surface area contributed by atoms with Crippen molar-refractivity contribution in [1.82, 2.24) is 5.32 Å². The standard InChI is InChI=1S/C24H27N2O3Si/c1-29-30(2)17-7-16-25-23(27)14-15-24(28)26-18-21-10-4-3-8-19(21)12-13-20-9-5-6-11-22(20)26/h3-6,8-11H,7,14-18H2,1-2H3,(H,25,27). The summed E-state index contributed by atoms with van der Waals surface area (Å²) in [6.45, 7) is 3.17. The van der Waals surface area contributed by atoms with E-state index in [2.05, 4.69) is 23.7 Å². The van der Waals surface area contributed by atoms with Crippen LogP contribution in [0.5, 0.6) is 0 Å². The smallest absolute Gasteiger partial charge is 0.227 e. The molecule has 0 bridgehead atoms. The fraction of sp³-hybridized carbons (Fsp3) is 0.333. The molecule has 1 heterocycles. The Morgan fingerprint density at radius 2 is 1.77 bits per heavy atom. The predicted octanol–water partition coefficient (Wildman–Crippen LogP) is 3.49. The van der Waals surface area contributed by atoms with Crippen molar-refractivity contribution in [2.45, 2.75) is 38.4 Å². The first kappa shape index (κ1) is 21.8. The number of nitrogens with one attached hydrogen (secondary N) is 1. The van der Waals surface area contributed by atoms with Gasteiger partial charge >= 0.3 is 0 Å². The zero-order chi connectivity index (χ0) is 21.3. The molecule has 0 aliphatic carbocycles. The molecule has 0 aromatic heterocycles. The van der Waals surface area contributed by atoms with Gasteiger partial charge in [-0.2, -0.15) is 0 Å². The molecule has 6 heteroatoms. The van der Waals surface area contributed by atoms with Gasteiger partial charge in [0.25, 0.3) is 0 Å². The van der Waals surface area contributed by atoms with Crippen LogP contribution in [-0.2, 0) is 20.6 Å². The number of amides is 2. The summed E-state index contributed by atoms with van der Waals surface area (Å²) in [6, 6.07) is 16.5. The van der Waals surface area contributed by atoms with Crippen LogP contribution in [0.3, 0.4) is 0 Å². The number of hydrogen-bond donors (Lipinski definition) is 1. The summed E-state index contributed by atoms with van der Waals surface area (Å²) in [5.74, 6) is 6.24. The monoisotopic (exact) mass is 419 g/mol. The zero-order valence-electron chi connectivity index (χ0n) is 17.5. The summed E-state index contributed by atoms with van der Waals surface area (Å²) in [4.78, 5) is 27.0. The van der Waals surface area contributed by atoms with Crippen LogP contribution in [0.1, 0.15) is 36.0 Å². The molecule has 1 N–H and O–H groups in total. The van der Waals surface area contributed by atoms with Crippen molar-refractivity contribution >= 4 is 26.5 Å². The third-order valence-corrected chi connectivity index (χ3v) is 6.87. The Morgan fingerprint density at radius 1 is 1.07 bits per heavy atom. The minimum Gasteiger partial charge on any atom is -0.420 e. The highest BCUT2D eigenvalue weighted by atomic mass is 28.3. The molecule has 0 fully saturated rings. The number of benzene rings is 2. The van der Waals surface area contributed by atoms with Crippen molar-refractivity contribution < 1.29 is 14.0 Å². The van der Waals surface area contributed by atoms with Gasteiger partial charge in [0.15, 0.2) is 0 Å². The Bertz CT molecular complexity index is 964. The molecule has 2 amide bonds. The van der Waals surface area contributed by atoms with E-state index in [-0.39, 0.29) is 24.7 Å². The number of rotatable bonds is 8. The molecule has 2 aromatic rings. The van der Waals surface area contributed by atoms with Gasteiger partial charge < -0.3 is 14.6 Å². The van der Waals surface area contributed by atoms with Crippen LogP contribution in [0.2, 0.25) is 12.6 Å². The average Bonchev–Trinajstić information content (AvgIpc) is 2.76. The number of nitrogens with zero attached hydrogens (tertiary/aromatic N) is 1. The van der Waals surface area contributed by atoms with Crippen molar-refractivity contribution in [3.05, 3.63) is 65.2 Å². The Morgan fingerprint density at radius 3 is 2.57 bits per heavy atom. The first-order valence-electron chi connectivity index (χ1n) is 10.2. The Balaban J connectivity index is 1.64. The molecule has 1 radical (unpaired) electrons. The molecule has 0 saturated carbocycles. The van der Waals surface area contributed by atoms with E-state index in [1.54, 1.807) is 12.0 Å². The predicted molar refractivity (Wildman–Crippen MR) is 120 cm³/mol. The first-order chi connectivity index (χ1) is 14.6. The highest BCUT2D eigenvalue weighted by Gasteiger charge is 2.21. The lowest BCUT2D eigenvalue weighted by Crippen LogP contribution is -2.33. The molecule has 2 aromatic carbocycles. The number of fused-ring (bicyclic) bond motifs is 2. The van der Waals surface area contributed by atoms with Gasteiger partial charge in [-0.05, 0) is 42.8 Å². The van der Waals surface area contributed by atoms with Crippen molar-refractivity contribution in [3.8, 4) is 11.8 Å². The molecule has 1 aliphatic rings. The molecule has 30 heavy (non-hydrogen) atoms. The lowest BCUT2D eigenvalue weighted by molar-refractivity contribution is -0.125. The molecule has 0 saturated heterocycles. The van der Waals surface area contributed by atoms with Gasteiger partial charge in [0.2, 0.25) is 20.9 Å². The summed E-state index contributed by atoms with van der Waals surface area (Å²) >= 11 is 0. The molecular formula is C24H27N2O3Si. The second-order valence-electron chi connectivity index (χ2n) is 7.26. The number of hydrogen-bond acceptors (Lipinski definition) is 3. The van der Waals surface area contributed by atoms with Gasteiger partial charge in [0, 0.05) is 37.6 Å². The maximum absolute atomic E-state index is 13.1. The largest absolute Gasteiger partial charge is 0.420 e. The van der Waals surface area contributed by atoms with E-state index in [0.717, 1.165) is 34.8 Å². The normalized spacial score (nSPS) is 12.2. The van der Waals surface area contributed by atoms with Gasteiger partial charge in [0.1, 0.15) is 0 Å². The third kappa shape index (κ3) is 5.82. The fourth-order valence-corrected chi connectivity index (χ4v) is 4.20. The molecule has 3 rings (SSSR count). The second-order valence-corrected chi connectivity index (χ2v) is 9.58. The lowest BCUT2D eigenvalue weighted by atomic mass is 10.0. The van der Waals surface area contributed by atoms with Crippen molar-refractivity contribution in [2.24, 2.45) is 0 Å². The zero-order valence-corrected chi connectivity index (χ0v) is 18.5. The summed E-state index contributed by atoms with van der Waals surface area (Å²) < 4.78 is 5.31. The van der Waals surface area contributed by atoms with Crippen LogP contribution in [0.4, 0.5) is 5.69 Å². The number of carbonyl (C=O) groups is 2. The number of carbonyl (C=O) groups excluding carboxylic acids is 2. The molecule has 155 valence electrons. The highest BCUT2D eigenvalue weighted by molar-refractivity contribution is 6.50. The van der Waals surface area contributed by atoms with E-state index in [1.165, 1.54) is 0 Å². The van der Waals surface area contributed by atoms with Gasteiger partial charge in [-0.3, -0.25) is 9.59 Å². The van der Waals surface area contributed by atoms with Gasteiger partial charge in [-0.25, -0.2) is 0 Å². The lowest BCUT2D eigenvalue weighted by Gasteiger charge is -2.26. The van der Waals surface area contributed by atoms with Gasteiger partial charge in [0.05, 0.1) is 12.2 Å². The Labute approximate surface area is 180 Å². The summed E-state index contributed by atoms with van der Waals surface area (Å²) in [5, 5.41) is 2.91. The maximum atomic E-state index is 13.1.